The van der Waals surface area contributed by atoms with Gasteiger partial charge in [-0.3, -0.25) is 9.11 Å². The van der Waals surface area contributed by atoms with E-state index in [9.17, 15) is 16.8 Å². The quantitative estimate of drug-likeness (QED) is 0.227. The minimum absolute atomic E-state index is 0. The molecule has 0 aliphatic rings. The summed E-state index contributed by atoms with van der Waals surface area (Å²) in [6, 6.07) is 0. The second kappa shape index (κ2) is 19.5. The third kappa shape index (κ3) is 36.5. The van der Waals surface area contributed by atoms with Crippen molar-refractivity contribution in [3.8, 4) is 0 Å². The fraction of sp³-hybridized carbons (Fsp3) is 1.00. The molecule has 0 aromatic rings. The summed E-state index contributed by atoms with van der Waals surface area (Å²) in [5.41, 5.74) is 0. The van der Waals surface area contributed by atoms with E-state index in [1.807, 2.05) is 0 Å². The number of nitrogens with one attached hydrogen (secondary N) is 1. The average molecular weight is 414 g/mol. The van der Waals surface area contributed by atoms with Gasteiger partial charge in [0.1, 0.15) is 0 Å². The van der Waals surface area contributed by atoms with Crippen molar-refractivity contribution in [3.05, 3.63) is 0 Å². The minimum atomic E-state index is -3.75. The van der Waals surface area contributed by atoms with Gasteiger partial charge in [-0.15, -0.1) is 0 Å². The Morgan fingerprint density at radius 1 is 0.680 bits per heavy atom. The SMILES string of the molecule is CCCCCCCCCCCCS(=O)(=O)O.CNCCS(=O)(=O)O.[NaH]. The number of hydrogen-bond acceptors (Lipinski definition) is 5. The van der Waals surface area contributed by atoms with E-state index in [1.165, 1.54) is 44.9 Å². The van der Waals surface area contributed by atoms with Gasteiger partial charge in [0.25, 0.3) is 20.2 Å². The van der Waals surface area contributed by atoms with E-state index in [2.05, 4.69) is 12.2 Å². The van der Waals surface area contributed by atoms with Crippen LogP contribution in [0.15, 0.2) is 0 Å². The van der Waals surface area contributed by atoms with E-state index in [1.54, 1.807) is 7.05 Å². The number of unbranched alkanes of at least 4 members (excludes halogenated alkanes) is 9. The van der Waals surface area contributed by atoms with Gasteiger partial charge in [-0.1, -0.05) is 64.7 Å². The summed E-state index contributed by atoms with van der Waals surface area (Å²) in [5, 5.41) is 2.59. The number of rotatable bonds is 14. The Morgan fingerprint density at radius 3 is 1.32 bits per heavy atom. The van der Waals surface area contributed by atoms with Crippen LogP contribution in [0.3, 0.4) is 0 Å². The Morgan fingerprint density at radius 2 is 1.04 bits per heavy atom. The van der Waals surface area contributed by atoms with Gasteiger partial charge < -0.3 is 5.32 Å². The molecule has 0 aromatic heterocycles. The monoisotopic (exact) mass is 413 g/mol. The predicted octanol–water partition coefficient (Wildman–Crippen LogP) is 2.24. The first kappa shape index (κ1) is 30.5. The van der Waals surface area contributed by atoms with Crippen LogP contribution in [-0.2, 0) is 20.2 Å². The molecule has 0 saturated carbocycles. The van der Waals surface area contributed by atoms with Crippen LogP contribution < -0.4 is 5.32 Å². The van der Waals surface area contributed by atoms with E-state index < -0.39 is 20.2 Å². The van der Waals surface area contributed by atoms with Crippen molar-refractivity contribution in [1.29, 1.82) is 0 Å². The van der Waals surface area contributed by atoms with E-state index >= 15 is 0 Å². The van der Waals surface area contributed by atoms with Crippen molar-refractivity contribution >= 4 is 49.8 Å². The Labute approximate surface area is 176 Å². The molecule has 0 aliphatic heterocycles. The first-order valence-corrected chi connectivity index (χ1v) is 11.9. The van der Waals surface area contributed by atoms with Crippen LogP contribution in [0.1, 0.15) is 71.1 Å². The van der Waals surface area contributed by atoms with Crippen molar-refractivity contribution in [2.24, 2.45) is 0 Å². The van der Waals surface area contributed by atoms with Crippen LogP contribution in [0.25, 0.3) is 0 Å². The van der Waals surface area contributed by atoms with Gasteiger partial charge in [-0.2, -0.15) is 16.8 Å². The maximum atomic E-state index is 10.4. The van der Waals surface area contributed by atoms with Crippen LogP contribution in [0.5, 0.6) is 0 Å². The summed E-state index contributed by atoms with van der Waals surface area (Å²) in [7, 11) is -5.86. The zero-order chi connectivity index (χ0) is 18.9. The first-order valence-electron chi connectivity index (χ1n) is 8.67. The van der Waals surface area contributed by atoms with Crippen molar-refractivity contribution in [2.45, 2.75) is 71.1 Å². The Hall–Kier alpha value is 0.780. The molecule has 0 atom stereocenters. The van der Waals surface area contributed by atoms with Crippen LogP contribution >= 0.6 is 0 Å². The van der Waals surface area contributed by atoms with Gasteiger partial charge in [-0.05, 0) is 13.5 Å². The normalized spacial score (nSPS) is 11.4. The number of hydrogen-bond donors (Lipinski definition) is 3. The first-order chi connectivity index (χ1) is 11.1. The summed E-state index contributed by atoms with van der Waals surface area (Å²) in [6.07, 6.45) is 11.7. The molecular formula is C15H36NNaO6S2. The summed E-state index contributed by atoms with van der Waals surface area (Å²) < 4.78 is 57.3. The molecule has 0 spiro atoms. The van der Waals surface area contributed by atoms with Gasteiger partial charge >= 0.3 is 29.6 Å². The van der Waals surface area contributed by atoms with Crippen LogP contribution in [0.2, 0.25) is 0 Å². The fourth-order valence-corrected chi connectivity index (χ4v) is 3.03. The predicted molar refractivity (Wildman–Crippen MR) is 106 cm³/mol. The van der Waals surface area contributed by atoms with Gasteiger partial charge in [-0.25, -0.2) is 0 Å². The molecule has 0 aliphatic carbocycles. The summed E-state index contributed by atoms with van der Waals surface area (Å²) >= 11 is 0. The molecule has 0 rings (SSSR count). The van der Waals surface area contributed by atoms with Crippen molar-refractivity contribution < 1.29 is 25.9 Å². The average Bonchev–Trinajstić information content (AvgIpc) is 2.46. The van der Waals surface area contributed by atoms with Crippen LogP contribution in [-0.4, -0.2) is 80.6 Å². The van der Waals surface area contributed by atoms with Crippen LogP contribution in [0.4, 0.5) is 0 Å². The molecule has 0 heterocycles. The topological polar surface area (TPSA) is 121 Å². The van der Waals surface area contributed by atoms with Gasteiger partial charge in [0.2, 0.25) is 0 Å². The molecule has 0 radical (unpaired) electrons. The summed E-state index contributed by atoms with van der Waals surface area (Å²) in [4.78, 5) is 0. The molecule has 0 fully saturated rings. The molecular weight excluding hydrogens is 377 g/mol. The fourth-order valence-electron chi connectivity index (χ4n) is 2.00. The van der Waals surface area contributed by atoms with Gasteiger partial charge in [0.15, 0.2) is 0 Å². The zero-order valence-corrected chi connectivity index (χ0v) is 16.7. The standard InChI is InChI=1S/C12H26O3S.C3H9NO3S.Na.H/c1-2-3-4-5-6-7-8-9-10-11-12-16(13,14)15;1-4-2-3-8(5,6)7;;/h2-12H2,1H3,(H,13,14,15);4H,2-3H2,1H3,(H,5,6,7);;. The second-order valence-corrected chi connectivity index (χ2v) is 9.00. The molecule has 0 unspecified atom stereocenters. The molecule has 25 heavy (non-hydrogen) atoms. The van der Waals surface area contributed by atoms with Crippen molar-refractivity contribution in [1.82, 2.24) is 5.32 Å². The van der Waals surface area contributed by atoms with Crippen molar-refractivity contribution in [3.63, 3.8) is 0 Å². The Balaban J connectivity index is -0.000000457. The summed E-state index contributed by atoms with van der Waals surface area (Å²) in [5.74, 6) is -0.299. The molecule has 0 saturated heterocycles. The van der Waals surface area contributed by atoms with E-state index in [-0.39, 0.29) is 41.1 Å². The van der Waals surface area contributed by atoms with E-state index in [0.29, 0.717) is 13.0 Å². The third-order valence-corrected chi connectivity index (χ3v) is 4.89. The molecule has 0 aromatic carbocycles. The maximum absolute atomic E-state index is 10.4. The molecule has 150 valence electrons. The zero-order valence-electron chi connectivity index (χ0n) is 15.0. The van der Waals surface area contributed by atoms with Crippen molar-refractivity contribution in [2.75, 3.05) is 25.1 Å². The van der Waals surface area contributed by atoms with E-state index in [4.69, 9.17) is 9.11 Å². The third-order valence-electron chi connectivity index (χ3n) is 3.37. The Kier molecular flexibility index (Phi) is 23.8. The van der Waals surface area contributed by atoms with Gasteiger partial charge in [0.05, 0.1) is 11.5 Å². The molecule has 7 nitrogen and oxygen atoms in total. The molecule has 0 amide bonds. The Bertz CT molecular complexity index is 468. The second-order valence-electron chi connectivity index (χ2n) is 5.86. The summed E-state index contributed by atoms with van der Waals surface area (Å²) in [6.45, 7) is 2.51. The van der Waals surface area contributed by atoms with Gasteiger partial charge in [0, 0.05) is 6.54 Å². The molecule has 10 heteroatoms. The molecule has 3 N–H and O–H groups in total. The van der Waals surface area contributed by atoms with Crippen LogP contribution in [0, 0.1) is 0 Å². The van der Waals surface area contributed by atoms with E-state index in [0.717, 1.165) is 12.8 Å². The molecule has 0 bridgehead atoms.